The summed E-state index contributed by atoms with van der Waals surface area (Å²) >= 11 is 3.24. The summed E-state index contributed by atoms with van der Waals surface area (Å²) in [5.74, 6) is 0.518. The molecule has 0 fully saturated rings. The van der Waals surface area contributed by atoms with Gasteiger partial charge in [-0.1, -0.05) is 15.9 Å². The Morgan fingerprint density at radius 1 is 1.09 bits per heavy atom. The fourth-order valence-electron chi connectivity index (χ4n) is 2.14. The largest absolute Gasteiger partial charge is 0.497 e. The van der Waals surface area contributed by atoms with Crippen LogP contribution in [0.25, 0.3) is 11.0 Å². The van der Waals surface area contributed by atoms with Crippen LogP contribution in [-0.4, -0.2) is 15.5 Å². The van der Waals surface area contributed by atoms with Crippen molar-refractivity contribution in [3.63, 3.8) is 0 Å². The van der Waals surface area contributed by atoms with E-state index in [0.29, 0.717) is 5.75 Å². The normalized spacial score (nSPS) is 11.6. The molecule has 3 rings (SSSR count). The second-order valence-corrected chi connectivity index (χ2v) is 7.58. The van der Waals surface area contributed by atoms with E-state index in [4.69, 9.17) is 9.15 Å². The highest BCUT2D eigenvalue weighted by Gasteiger charge is 2.23. The van der Waals surface area contributed by atoms with Gasteiger partial charge in [-0.05, 0) is 36.4 Å². The molecule has 0 aliphatic rings. The van der Waals surface area contributed by atoms with Crippen LogP contribution < -0.4 is 10.2 Å². The van der Waals surface area contributed by atoms with Gasteiger partial charge >= 0.3 is 0 Å². The number of ether oxygens (including phenoxy) is 1. The molecule has 2 aromatic carbocycles. The number of halogens is 1. The molecule has 0 amide bonds. The molecule has 0 aliphatic heterocycles. The lowest BCUT2D eigenvalue weighted by atomic mass is 10.2. The second-order valence-electron chi connectivity index (χ2n) is 4.75. The Labute approximate surface area is 140 Å². The van der Waals surface area contributed by atoms with Crippen molar-refractivity contribution in [3.8, 4) is 5.75 Å². The van der Waals surface area contributed by atoms with Gasteiger partial charge in [-0.2, -0.15) is 0 Å². The zero-order chi connectivity index (χ0) is 16.6. The number of hydrogen-bond donors (Lipinski definition) is 0. The van der Waals surface area contributed by atoms with Crippen LogP contribution in [0.1, 0.15) is 0 Å². The average Bonchev–Trinajstić information content (AvgIpc) is 2.55. The maximum absolute atomic E-state index is 12.6. The smallest absolute Gasteiger partial charge is 0.213 e. The zero-order valence-electron chi connectivity index (χ0n) is 11.9. The Kier molecular flexibility index (Phi) is 3.99. The topological polar surface area (TPSA) is 73.6 Å². The number of sulfone groups is 1. The van der Waals surface area contributed by atoms with E-state index in [9.17, 15) is 13.2 Å². The predicted molar refractivity (Wildman–Crippen MR) is 88.6 cm³/mol. The van der Waals surface area contributed by atoms with Crippen molar-refractivity contribution in [1.82, 2.24) is 0 Å². The van der Waals surface area contributed by atoms with Crippen LogP contribution in [0.2, 0.25) is 0 Å². The van der Waals surface area contributed by atoms with Crippen molar-refractivity contribution in [1.29, 1.82) is 0 Å². The van der Waals surface area contributed by atoms with Crippen LogP contribution in [0.4, 0.5) is 0 Å². The maximum atomic E-state index is 12.6. The Bertz CT molecular complexity index is 1040. The molecule has 0 radical (unpaired) electrons. The first-order valence-electron chi connectivity index (χ1n) is 6.53. The number of fused-ring (bicyclic) bond motifs is 1. The molecule has 0 spiro atoms. The third kappa shape index (κ3) is 2.77. The molecule has 0 aliphatic carbocycles. The van der Waals surface area contributed by atoms with Gasteiger partial charge in [-0.3, -0.25) is 4.79 Å². The molecule has 7 heteroatoms. The first kappa shape index (κ1) is 15.8. The highest BCUT2D eigenvalue weighted by Crippen LogP contribution is 2.24. The minimum Gasteiger partial charge on any atom is -0.497 e. The fraction of sp³-hybridized carbons (Fsp3) is 0.0625. The van der Waals surface area contributed by atoms with Crippen LogP contribution in [0.15, 0.2) is 72.2 Å². The fourth-order valence-corrected chi connectivity index (χ4v) is 3.69. The number of methoxy groups -OCH3 is 1. The van der Waals surface area contributed by atoms with Crippen molar-refractivity contribution >= 4 is 36.7 Å². The molecule has 3 aromatic rings. The summed E-state index contributed by atoms with van der Waals surface area (Å²) in [4.78, 5) is 12.2. The van der Waals surface area contributed by atoms with Crippen LogP contribution in [0.5, 0.6) is 5.75 Å². The van der Waals surface area contributed by atoms with E-state index < -0.39 is 20.2 Å². The van der Waals surface area contributed by atoms with E-state index in [-0.39, 0.29) is 15.9 Å². The summed E-state index contributed by atoms with van der Waals surface area (Å²) in [5.41, 5.74) is -0.332. The van der Waals surface area contributed by atoms with Gasteiger partial charge in [0.2, 0.25) is 15.3 Å². The third-order valence-corrected chi connectivity index (χ3v) is 5.65. The molecule has 0 atom stereocenters. The Morgan fingerprint density at radius 2 is 1.78 bits per heavy atom. The number of rotatable bonds is 3. The summed E-state index contributed by atoms with van der Waals surface area (Å²) in [7, 11) is -2.46. The molecule has 1 heterocycles. The van der Waals surface area contributed by atoms with Crippen LogP contribution in [0, 0.1) is 0 Å². The SMILES string of the molecule is COc1ccc2c(=O)c(S(=O)(=O)c3ccc(Br)cc3)coc2c1. The molecule has 118 valence electrons. The van der Waals surface area contributed by atoms with Crippen molar-refractivity contribution in [3.05, 3.63) is 63.4 Å². The molecule has 0 N–H and O–H groups in total. The predicted octanol–water partition coefficient (Wildman–Crippen LogP) is 3.40. The van der Waals surface area contributed by atoms with Gasteiger partial charge in [-0.25, -0.2) is 8.42 Å². The van der Waals surface area contributed by atoms with E-state index >= 15 is 0 Å². The lowest BCUT2D eigenvalue weighted by Gasteiger charge is -2.06. The van der Waals surface area contributed by atoms with Gasteiger partial charge in [0, 0.05) is 10.5 Å². The summed E-state index contributed by atoms with van der Waals surface area (Å²) in [5, 5.41) is 0.184. The second kappa shape index (κ2) is 5.82. The molecule has 1 aromatic heterocycles. The van der Waals surface area contributed by atoms with Gasteiger partial charge in [-0.15, -0.1) is 0 Å². The Balaban J connectivity index is 2.22. The highest BCUT2D eigenvalue weighted by atomic mass is 79.9. The van der Waals surface area contributed by atoms with Gasteiger partial charge in [0.25, 0.3) is 0 Å². The molecule has 5 nitrogen and oxygen atoms in total. The van der Waals surface area contributed by atoms with Gasteiger partial charge < -0.3 is 9.15 Å². The van der Waals surface area contributed by atoms with Crippen LogP contribution in [0.3, 0.4) is 0 Å². The van der Waals surface area contributed by atoms with Crippen LogP contribution >= 0.6 is 15.9 Å². The van der Waals surface area contributed by atoms with E-state index in [1.165, 1.54) is 31.4 Å². The van der Waals surface area contributed by atoms with Crippen molar-refractivity contribution in [2.75, 3.05) is 7.11 Å². The Hall–Kier alpha value is -2.12. The van der Waals surface area contributed by atoms with Gasteiger partial charge in [0.1, 0.15) is 17.6 Å². The van der Waals surface area contributed by atoms with E-state index in [0.717, 1.165) is 10.7 Å². The molecule has 0 bridgehead atoms. The molecule has 23 heavy (non-hydrogen) atoms. The summed E-state index contributed by atoms with van der Waals surface area (Å²) in [6, 6.07) is 10.7. The minimum atomic E-state index is -3.95. The standard InChI is InChI=1S/C16H11BrO5S/c1-21-11-4-7-13-14(8-11)22-9-15(16(13)18)23(19,20)12-5-2-10(17)3-6-12/h2-9H,1H3. The Morgan fingerprint density at radius 3 is 2.43 bits per heavy atom. The average molecular weight is 395 g/mol. The maximum Gasteiger partial charge on any atom is 0.213 e. The summed E-state index contributed by atoms with van der Waals surface area (Å²) in [6.45, 7) is 0. The van der Waals surface area contributed by atoms with Crippen LogP contribution in [-0.2, 0) is 9.84 Å². The molecule has 0 unspecified atom stereocenters. The van der Waals surface area contributed by atoms with Crippen molar-refractivity contribution < 1.29 is 17.6 Å². The van der Waals surface area contributed by atoms with Crippen molar-refractivity contribution in [2.45, 2.75) is 9.79 Å². The van der Waals surface area contributed by atoms with E-state index in [1.54, 1.807) is 18.2 Å². The summed E-state index contributed by atoms with van der Waals surface area (Å²) < 4.78 is 36.4. The van der Waals surface area contributed by atoms with Gasteiger partial charge in [0.15, 0.2) is 4.90 Å². The third-order valence-electron chi connectivity index (χ3n) is 3.36. The van der Waals surface area contributed by atoms with E-state index in [1.807, 2.05) is 0 Å². The zero-order valence-corrected chi connectivity index (χ0v) is 14.3. The molecular formula is C16H11BrO5S. The lowest BCUT2D eigenvalue weighted by molar-refractivity contribution is 0.414. The monoisotopic (exact) mass is 394 g/mol. The molecule has 0 saturated carbocycles. The first-order valence-corrected chi connectivity index (χ1v) is 8.81. The van der Waals surface area contributed by atoms with Gasteiger partial charge in [0.05, 0.1) is 17.4 Å². The number of benzene rings is 2. The first-order chi connectivity index (χ1) is 10.9. The molecular weight excluding hydrogens is 384 g/mol. The van der Waals surface area contributed by atoms with Crippen molar-refractivity contribution in [2.24, 2.45) is 0 Å². The quantitative estimate of drug-likeness (QED) is 0.680. The number of hydrogen-bond acceptors (Lipinski definition) is 5. The minimum absolute atomic E-state index is 0.0286. The highest BCUT2D eigenvalue weighted by molar-refractivity contribution is 9.10. The summed E-state index contributed by atoms with van der Waals surface area (Å²) in [6.07, 6.45) is 0.974. The van der Waals surface area contributed by atoms with E-state index in [2.05, 4.69) is 15.9 Å². The lowest BCUT2D eigenvalue weighted by Crippen LogP contribution is -2.15. The molecule has 0 saturated heterocycles.